The van der Waals surface area contributed by atoms with Crippen molar-refractivity contribution in [2.45, 2.75) is 33.9 Å². The van der Waals surface area contributed by atoms with Crippen molar-refractivity contribution in [3.63, 3.8) is 0 Å². The number of nitrogen functional groups attached to an aromatic ring is 1. The average molecular weight is 259 g/mol. The number of hydrogen-bond acceptors (Lipinski definition) is 4. The standard InChI is InChI=1S/C15H21N3O/c1-10-7-17-14(12(3)15(10)16)9-18(4)8-13-6-5-11(2)19-13/h5-7H,8-9H2,1-4H3,(H2,16,17). The van der Waals surface area contributed by atoms with Gasteiger partial charge in [-0.1, -0.05) is 0 Å². The molecule has 4 heteroatoms. The SMILES string of the molecule is Cc1ccc(CN(C)Cc2ncc(C)c(N)c2C)o1. The average Bonchev–Trinajstić information content (AvgIpc) is 2.75. The monoisotopic (exact) mass is 259 g/mol. The van der Waals surface area contributed by atoms with Gasteiger partial charge in [-0.25, -0.2) is 0 Å². The molecule has 0 radical (unpaired) electrons. The van der Waals surface area contributed by atoms with E-state index in [4.69, 9.17) is 10.2 Å². The zero-order valence-corrected chi connectivity index (χ0v) is 12.0. The van der Waals surface area contributed by atoms with Crippen LogP contribution in [0.3, 0.4) is 0 Å². The molecule has 0 aliphatic carbocycles. The predicted molar refractivity (Wildman–Crippen MR) is 76.7 cm³/mol. The first kappa shape index (κ1) is 13.6. The summed E-state index contributed by atoms with van der Waals surface area (Å²) in [5, 5.41) is 0. The molecule has 2 aromatic rings. The van der Waals surface area contributed by atoms with E-state index < -0.39 is 0 Å². The fraction of sp³-hybridized carbons (Fsp3) is 0.400. The Morgan fingerprint density at radius 3 is 2.58 bits per heavy atom. The lowest BCUT2D eigenvalue weighted by Gasteiger charge is -2.17. The number of aromatic nitrogens is 1. The fourth-order valence-corrected chi connectivity index (χ4v) is 2.10. The summed E-state index contributed by atoms with van der Waals surface area (Å²) in [6.45, 7) is 7.48. The van der Waals surface area contributed by atoms with Crippen molar-refractivity contribution in [1.29, 1.82) is 0 Å². The van der Waals surface area contributed by atoms with Gasteiger partial charge in [-0.05, 0) is 51.1 Å². The lowest BCUT2D eigenvalue weighted by Crippen LogP contribution is -2.19. The normalized spacial score (nSPS) is 11.2. The minimum absolute atomic E-state index is 0.760. The van der Waals surface area contributed by atoms with Crippen molar-refractivity contribution in [1.82, 2.24) is 9.88 Å². The first-order chi connectivity index (χ1) is 8.97. The Morgan fingerprint density at radius 2 is 1.95 bits per heavy atom. The van der Waals surface area contributed by atoms with Gasteiger partial charge in [-0.2, -0.15) is 0 Å². The van der Waals surface area contributed by atoms with E-state index in [0.29, 0.717) is 0 Å². The first-order valence-corrected chi connectivity index (χ1v) is 6.41. The van der Waals surface area contributed by atoms with E-state index in [9.17, 15) is 0 Å². The maximum absolute atomic E-state index is 6.04. The van der Waals surface area contributed by atoms with Crippen LogP contribution in [0.15, 0.2) is 22.7 Å². The summed E-state index contributed by atoms with van der Waals surface area (Å²) >= 11 is 0. The highest BCUT2D eigenvalue weighted by Gasteiger charge is 2.10. The Morgan fingerprint density at radius 1 is 1.21 bits per heavy atom. The molecule has 0 aliphatic heterocycles. The van der Waals surface area contributed by atoms with Crippen LogP contribution in [0.1, 0.15) is 28.3 Å². The van der Waals surface area contributed by atoms with E-state index in [0.717, 1.165) is 47.1 Å². The second-order valence-corrected chi connectivity index (χ2v) is 5.11. The van der Waals surface area contributed by atoms with Crippen molar-refractivity contribution in [2.75, 3.05) is 12.8 Å². The summed E-state index contributed by atoms with van der Waals surface area (Å²) < 4.78 is 5.58. The van der Waals surface area contributed by atoms with Crippen LogP contribution in [-0.2, 0) is 13.1 Å². The minimum Gasteiger partial charge on any atom is -0.465 e. The van der Waals surface area contributed by atoms with Gasteiger partial charge in [0.1, 0.15) is 11.5 Å². The summed E-state index contributed by atoms with van der Waals surface area (Å²) in [7, 11) is 2.05. The van der Waals surface area contributed by atoms with E-state index in [1.165, 1.54) is 0 Å². The van der Waals surface area contributed by atoms with Gasteiger partial charge < -0.3 is 10.2 Å². The smallest absolute Gasteiger partial charge is 0.118 e. The molecule has 0 fully saturated rings. The lowest BCUT2D eigenvalue weighted by atomic mass is 10.1. The third-order valence-corrected chi connectivity index (χ3v) is 3.32. The summed E-state index contributed by atoms with van der Waals surface area (Å²) in [6.07, 6.45) is 1.84. The molecule has 2 N–H and O–H groups in total. The molecule has 102 valence electrons. The van der Waals surface area contributed by atoms with E-state index in [-0.39, 0.29) is 0 Å². The quantitative estimate of drug-likeness (QED) is 0.917. The van der Waals surface area contributed by atoms with Gasteiger partial charge in [0.05, 0.1) is 12.2 Å². The highest BCUT2D eigenvalue weighted by molar-refractivity contribution is 5.53. The van der Waals surface area contributed by atoms with Crippen molar-refractivity contribution in [2.24, 2.45) is 0 Å². The van der Waals surface area contributed by atoms with Crippen LogP contribution in [0.4, 0.5) is 5.69 Å². The lowest BCUT2D eigenvalue weighted by molar-refractivity contribution is 0.282. The fourth-order valence-electron chi connectivity index (χ4n) is 2.10. The molecule has 0 saturated heterocycles. The largest absolute Gasteiger partial charge is 0.465 e. The van der Waals surface area contributed by atoms with Crippen molar-refractivity contribution in [3.8, 4) is 0 Å². The topological polar surface area (TPSA) is 55.3 Å². The zero-order valence-electron chi connectivity index (χ0n) is 12.0. The second-order valence-electron chi connectivity index (χ2n) is 5.11. The Kier molecular flexibility index (Phi) is 3.90. The number of aryl methyl sites for hydroxylation is 2. The molecule has 0 saturated carbocycles. The summed E-state index contributed by atoms with van der Waals surface area (Å²) in [6, 6.07) is 3.99. The molecular weight excluding hydrogens is 238 g/mol. The molecule has 0 aromatic carbocycles. The van der Waals surface area contributed by atoms with Gasteiger partial charge in [0.2, 0.25) is 0 Å². The molecule has 2 rings (SSSR count). The number of hydrogen-bond donors (Lipinski definition) is 1. The number of nitrogens with zero attached hydrogens (tertiary/aromatic N) is 2. The predicted octanol–water partition coefficient (Wildman–Crippen LogP) is 2.81. The second kappa shape index (κ2) is 5.45. The third kappa shape index (κ3) is 3.15. The number of furan rings is 1. The highest BCUT2D eigenvalue weighted by Crippen LogP contribution is 2.19. The Balaban J connectivity index is 2.07. The maximum Gasteiger partial charge on any atom is 0.118 e. The van der Waals surface area contributed by atoms with Gasteiger partial charge in [0.15, 0.2) is 0 Å². The van der Waals surface area contributed by atoms with Gasteiger partial charge >= 0.3 is 0 Å². The Hall–Kier alpha value is -1.81. The molecule has 0 aliphatic rings. The van der Waals surface area contributed by atoms with E-state index in [2.05, 4.69) is 16.9 Å². The Bertz CT molecular complexity index is 575. The third-order valence-electron chi connectivity index (χ3n) is 3.32. The van der Waals surface area contributed by atoms with Crippen molar-refractivity contribution in [3.05, 3.63) is 46.7 Å². The number of pyridine rings is 1. The maximum atomic E-state index is 6.04. The molecule has 0 spiro atoms. The molecule has 4 nitrogen and oxygen atoms in total. The number of nitrogens with two attached hydrogens (primary N) is 1. The van der Waals surface area contributed by atoms with E-state index >= 15 is 0 Å². The molecule has 0 atom stereocenters. The highest BCUT2D eigenvalue weighted by atomic mass is 16.3. The summed E-state index contributed by atoms with van der Waals surface area (Å²) in [5.41, 5.74) is 10.0. The van der Waals surface area contributed by atoms with Crippen LogP contribution in [0.2, 0.25) is 0 Å². The summed E-state index contributed by atoms with van der Waals surface area (Å²) in [4.78, 5) is 6.64. The summed E-state index contributed by atoms with van der Waals surface area (Å²) in [5.74, 6) is 1.91. The zero-order chi connectivity index (χ0) is 14.0. The van der Waals surface area contributed by atoms with Crippen LogP contribution < -0.4 is 5.73 Å². The van der Waals surface area contributed by atoms with Crippen LogP contribution in [0.25, 0.3) is 0 Å². The van der Waals surface area contributed by atoms with Crippen LogP contribution in [0, 0.1) is 20.8 Å². The van der Waals surface area contributed by atoms with Gasteiger partial charge in [-0.15, -0.1) is 0 Å². The first-order valence-electron chi connectivity index (χ1n) is 6.41. The van der Waals surface area contributed by atoms with E-state index in [1.807, 2.05) is 39.1 Å². The van der Waals surface area contributed by atoms with Crippen molar-refractivity contribution >= 4 is 5.69 Å². The molecule has 19 heavy (non-hydrogen) atoms. The van der Waals surface area contributed by atoms with Crippen LogP contribution in [-0.4, -0.2) is 16.9 Å². The Labute approximate surface area is 114 Å². The molecule has 2 heterocycles. The molecule has 0 bridgehead atoms. The van der Waals surface area contributed by atoms with Crippen LogP contribution in [0.5, 0.6) is 0 Å². The molecular formula is C15H21N3O. The van der Waals surface area contributed by atoms with Crippen LogP contribution >= 0.6 is 0 Å². The van der Waals surface area contributed by atoms with Gasteiger partial charge in [0.25, 0.3) is 0 Å². The molecule has 0 amide bonds. The molecule has 0 unspecified atom stereocenters. The van der Waals surface area contributed by atoms with E-state index in [1.54, 1.807) is 0 Å². The van der Waals surface area contributed by atoms with Gasteiger partial charge in [-0.3, -0.25) is 9.88 Å². The number of rotatable bonds is 4. The molecule has 2 aromatic heterocycles. The van der Waals surface area contributed by atoms with Crippen molar-refractivity contribution < 1.29 is 4.42 Å². The minimum atomic E-state index is 0.760. The number of anilines is 1. The van der Waals surface area contributed by atoms with Gasteiger partial charge in [0, 0.05) is 18.4 Å².